The summed E-state index contributed by atoms with van der Waals surface area (Å²) in [6.07, 6.45) is 0. The van der Waals surface area contributed by atoms with Crippen LogP contribution in [0.1, 0.15) is 13.8 Å². The highest BCUT2D eigenvalue weighted by Crippen LogP contribution is 2.21. The number of carbonyl (C=O) groups is 1. The number of nitrogens with zero attached hydrogens (tertiary/aromatic N) is 3. The molecular formula is C9H16N4O3S. The summed E-state index contributed by atoms with van der Waals surface area (Å²) >= 11 is 1.08. The van der Waals surface area contributed by atoms with E-state index in [4.69, 9.17) is 15.6 Å². The predicted molar refractivity (Wildman–Crippen MR) is 63.9 cm³/mol. The number of nitrogens with two attached hydrogens (primary N) is 1. The first kappa shape index (κ1) is 13.8. The van der Waals surface area contributed by atoms with Gasteiger partial charge in [-0.05, 0) is 13.8 Å². The van der Waals surface area contributed by atoms with E-state index in [2.05, 4.69) is 10.2 Å². The van der Waals surface area contributed by atoms with Crippen LogP contribution in [0.3, 0.4) is 0 Å². The number of ether oxygens (including phenoxy) is 1. The van der Waals surface area contributed by atoms with Gasteiger partial charge in [0, 0.05) is 7.11 Å². The van der Waals surface area contributed by atoms with Crippen molar-refractivity contribution in [2.24, 2.45) is 0 Å². The molecule has 7 nitrogen and oxygen atoms in total. The molecule has 1 aromatic heterocycles. The van der Waals surface area contributed by atoms with Crippen molar-refractivity contribution in [2.45, 2.75) is 31.1 Å². The van der Waals surface area contributed by atoms with Gasteiger partial charge in [-0.3, -0.25) is 9.36 Å². The van der Waals surface area contributed by atoms with Crippen LogP contribution in [0.15, 0.2) is 5.16 Å². The van der Waals surface area contributed by atoms with Crippen molar-refractivity contribution < 1.29 is 14.6 Å². The fourth-order valence-corrected chi connectivity index (χ4v) is 1.79. The number of thioether (sulfide) groups is 1. The van der Waals surface area contributed by atoms with E-state index in [-0.39, 0.29) is 11.7 Å². The molecule has 0 fully saturated rings. The first-order valence-corrected chi connectivity index (χ1v) is 5.92. The zero-order valence-corrected chi connectivity index (χ0v) is 10.8. The Hall–Kier alpha value is -1.28. The lowest BCUT2D eigenvalue weighted by Gasteiger charge is -2.24. The number of rotatable bonds is 6. The SMILES string of the molecule is COC(C)(C)Cn1c(N)nnc1SCC(=O)O. The zero-order chi connectivity index (χ0) is 13.1. The number of hydrogen-bond donors (Lipinski definition) is 2. The van der Waals surface area contributed by atoms with Gasteiger partial charge in [-0.15, -0.1) is 10.2 Å². The highest BCUT2D eigenvalue weighted by molar-refractivity contribution is 7.99. The average molecular weight is 260 g/mol. The lowest BCUT2D eigenvalue weighted by Crippen LogP contribution is -2.30. The standard InChI is InChI=1S/C9H16N4O3S/c1-9(2,16-3)5-13-7(10)11-12-8(13)17-4-6(14)15/h4-5H2,1-3H3,(H2,10,11)(H,14,15). The summed E-state index contributed by atoms with van der Waals surface area (Å²) in [4.78, 5) is 10.5. The molecule has 0 aliphatic heterocycles. The molecule has 0 saturated carbocycles. The maximum atomic E-state index is 10.5. The van der Waals surface area contributed by atoms with Gasteiger partial charge in [0.05, 0.1) is 17.9 Å². The molecule has 0 radical (unpaired) electrons. The fraction of sp³-hybridized carbons (Fsp3) is 0.667. The summed E-state index contributed by atoms with van der Waals surface area (Å²) < 4.78 is 6.94. The molecule has 0 aliphatic rings. The molecule has 0 bridgehead atoms. The highest BCUT2D eigenvalue weighted by atomic mass is 32.2. The number of carboxylic acids is 1. The van der Waals surface area contributed by atoms with E-state index in [1.54, 1.807) is 11.7 Å². The molecule has 0 spiro atoms. The number of aliphatic carboxylic acids is 1. The molecule has 0 unspecified atom stereocenters. The molecule has 3 N–H and O–H groups in total. The first-order valence-electron chi connectivity index (χ1n) is 4.94. The van der Waals surface area contributed by atoms with Crippen molar-refractivity contribution in [3.8, 4) is 0 Å². The topological polar surface area (TPSA) is 103 Å². The Morgan fingerprint density at radius 3 is 2.76 bits per heavy atom. The van der Waals surface area contributed by atoms with Gasteiger partial charge in [0.1, 0.15) is 0 Å². The largest absolute Gasteiger partial charge is 0.481 e. The van der Waals surface area contributed by atoms with Crippen molar-refractivity contribution in [2.75, 3.05) is 18.6 Å². The molecule has 0 atom stereocenters. The smallest absolute Gasteiger partial charge is 0.313 e. The second-order valence-electron chi connectivity index (χ2n) is 4.07. The molecule has 1 heterocycles. The molecule has 17 heavy (non-hydrogen) atoms. The number of aromatic nitrogens is 3. The summed E-state index contributed by atoms with van der Waals surface area (Å²) in [5.74, 6) is -0.733. The van der Waals surface area contributed by atoms with Crippen molar-refractivity contribution in [3.63, 3.8) is 0 Å². The number of nitrogen functional groups attached to an aromatic ring is 1. The third kappa shape index (κ3) is 3.90. The Morgan fingerprint density at radius 2 is 2.24 bits per heavy atom. The summed E-state index contributed by atoms with van der Waals surface area (Å²) in [5.41, 5.74) is 5.26. The summed E-state index contributed by atoms with van der Waals surface area (Å²) in [6, 6.07) is 0. The Morgan fingerprint density at radius 1 is 1.59 bits per heavy atom. The molecule has 0 aromatic carbocycles. The van der Waals surface area contributed by atoms with E-state index in [0.717, 1.165) is 11.8 Å². The predicted octanol–water partition coefficient (Wildman–Crippen LogP) is 0.462. The van der Waals surface area contributed by atoms with Crippen LogP contribution < -0.4 is 5.73 Å². The average Bonchev–Trinajstić information content (AvgIpc) is 2.57. The second-order valence-corrected chi connectivity index (χ2v) is 5.02. The molecule has 1 aromatic rings. The van der Waals surface area contributed by atoms with E-state index >= 15 is 0 Å². The molecule has 8 heteroatoms. The first-order chi connectivity index (χ1) is 7.85. The zero-order valence-electron chi connectivity index (χ0n) is 10.0. The number of hydrogen-bond acceptors (Lipinski definition) is 6. The van der Waals surface area contributed by atoms with Crippen LogP contribution in [0.2, 0.25) is 0 Å². The maximum absolute atomic E-state index is 10.5. The molecular weight excluding hydrogens is 244 g/mol. The Labute approximate surface area is 103 Å². The van der Waals surface area contributed by atoms with Gasteiger partial charge >= 0.3 is 5.97 Å². The molecule has 96 valence electrons. The lowest BCUT2D eigenvalue weighted by molar-refractivity contribution is -0.133. The third-order valence-corrected chi connectivity index (χ3v) is 3.11. The van der Waals surface area contributed by atoms with Gasteiger partial charge in [0.15, 0.2) is 5.16 Å². The Kier molecular flexibility index (Phi) is 4.35. The van der Waals surface area contributed by atoms with Crippen LogP contribution in [0.25, 0.3) is 0 Å². The second kappa shape index (κ2) is 5.37. The van der Waals surface area contributed by atoms with Crippen LogP contribution in [-0.2, 0) is 16.1 Å². The lowest BCUT2D eigenvalue weighted by atomic mass is 10.1. The minimum absolute atomic E-state index is 0.0778. The van der Waals surface area contributed by atoms with Crippen LogP contribution in [0.4, 0.5) is 5.95 Å². The van der Waals surface area contributed by atoms with E-state index in [0.29, 0.717) is 11.7 Å². The maximum Gasteiger partial charge on any atom is 0.313 e. The normalized spacial score (nSPS) is 11.7. The van der Waals surface area contributed by atoms with Crippen LogP contribution in [0.5, 0.6) is 0 Å². The van der Waals surface area contributed by atoms with Crippen molar-refractivity contribution >= 4 is 23.7 Å². The van der Waals surface area contributed by atoms with E-state index in [9.17, 15) is 4.79 Å². The Balaban J connectivity index is 2.83. The molecule has 0 aliphatic carbocycles. The molecule has 0 saturated heterocycles. The van der Waals surface area contributed by atoms with Crippen LogP contribution in [0, 0.1) is 0 Å². The minimum atomic E-state index is -0.908. The van der Waals surface area contributed by atoms with Gasteiger partial charge in [0.2, 0.25) is 5.95 Å². The number of anilines is 1. The number of methoxy groups -OCH3 is 1. The van der Waals surface area contributed by atoms with E-state index in [1.807, 2.05) is 13.8 Å². The van der Waals surface area contributed by atoms with Crippen molar-refractivity contribution in [1.29, 1.82) is 0 Å². The van der Waals surface area contributed by atoms with Crippen molar-refractivity contribution in [3.05, 3.63) is 0 Å². The van der Waals surface area contributed by atoms with Gasteiger partial charge in [-0.2, -0.15) is 0 Å². The van der Waals surface area contributed by atoms with Crippen LogP contribution >= 0.6 is 11.8 Å². The summed E-state index contributed by atoms with van der Waals surface area (Å²) in [5, 5.41) is 16.7. The summed E-state index contributed by atoms with van der Waals surface area (Å²) in [7, 11) is 1.60. The number of carboxylic acid groups (broad SMARTS) is 1. The molecule has 1 rings (SSSR count). The van der Waals surface area contributed by atoms with Gasteiger partial charge in [0.25, 0.3) is 0 Å². The monoisotopic (exact) mass is 260 g/mol. The fourth-order valence-electron chi connectivity index (χ4n) is 1.13. The van der Waals surface area contributed by atoms with Gasteiger partial charge in [-0.1, -0.05) is 11.8 Å². The van der Waals surface area contributed by atoms with E-state index in [1.165, 1.54) is 0 Å². The quantitative estimate of drug-likeness (QED) is 0.716. The summed E-state index contributed by atoms with van der Waals surface area (Å²) in [6.45, 7) is 4.26. The van der Waals surface area contributed by atoms with Gasteiger partial charge in [-0.25, -0.2) is 0 Å². The van der Waals surface area contributed by atoms with Crippen molar-refractivity contribution in [1.82, 2.24) is 14.8 Å². The van der Waals surface area contributed by atoms with Crippen LogP contribution in [-0.4, -0.2) is 44.3 Å². The van der Waals surface area contributed by atoms with E-state index < -0.39 is 11.6 Å². The molecule has 0 amide bonds. The van der Waals surface area contributed by atoms with Gasteiger partial charge < -0.3 is 15.6 Å². The highest BCUT2D eigenvalue weighted by Gasteiger charge is 2.22. The third-order valence-electron chi connectivity index (χ3n) is 2.16. The Bertz CT molecular complexity index is 405. The minimum Gasteiger partial charge on any atom is -0.481 e.